The van der Waals surface area contributed by atoms with E-state index in [1.165, 1.54) is 7.11 Å². The van der Waals surface area contributed by atoms with Crippen LogP contribution in [0.3, 0.4) is 0 Å². The largest absolute Gasteiger partial charge is 0.496 e. The van der Waals surface area contributed by atoms with Crippen molar-refractivity contribution in [1.82, 2.24) is 5.32 Å². The van der Waals surface area contributed by atoms with E-state index in [2.05, 4.69) is 5.32 Å². The van der Waals surface area contributed by atoms with Gasteiger partial charge in [-0.2, -0.15) is 0 Å². The van der Waals surface area contributed by atoms with Gasteiger partial charge in [-0.1, -0.05) is 61.5 Å². The van der Waals surface area contributed by atoms with Crippen molar-refractivity contribution >= 4 is 22.6 Å². The molecule has 2 atom stereocenters. The maximum absolute atomic E-state index is 12.7. The van der Waals surface area contributed by atoms with Gasteiger partial charge in [-0.3, -0.25) is 4.79 Å². The molecule has 29 heavy (non-hydrogen) atoms. The molecule has 0 aromatic heterocycles. The lowest BCUT2D eigenvalue weighted by atomic mass is 10.0. The minimum Gasteiger partial charge on any atom is -0.496 e. The second-order valence-electron chi connectivity index (χ2n) is 7.00. The van der Waals surface area contributed by atoms with Gasteiger partial charge in [0, 0.05) is 6.54 Å². The first kappa shape index (κ1) is 20.4. The lowest BCUT2D eigenvalue weighted by Gasteiger charge is -2.17. The summed E-state index contributed by atoms with van der Waals surface area (Å²) >= 11 is 0. The van der Waals surface area contributed by atoms with Crippen LogP contribution in [-0.4, -0.2) is 31.6 Å². The van der Waals surface area contributed by atoms with E-state index in [4.69, 9.17) is 9.47 Å². The molecule has 0 aliphatic heterocycles. The second kappa shape index (κ2) is 9.24. The zero-order valence-electron chi connectivity index (χ0n) is 16.8. The van der Waals surface area contributed by atoms with Gasteiger partial charge in [0.15, 0.2) is 6.10 Å². The Morgan fingerprint density at radius 2 is 1.55 bits per heavy atom. The number of methoxy groups -OCH3 is 1. The number of hydrogen-bond acceptors (Lipinski definition) is 4. The van der Waals surface area contributed by atoms with Gasteiger partial charge in [0.1, 0.15) is 11.3 Å². The summed E-state index contributed by atoms with van der Waals surface area (Å²) in [7, 11) is 1.50. The smallest absolute Gasteiger partial charge is 0.342 e. The Balaban J connectivity index is 1.64. The lowest BCUT2D eigenvalue weighted by Crippen LogP contribution is -2.37. The van der Waals surface area contributed by atoms with E-state index in [9.17, 15) is 9.59 Å². The summed E-state index contributed by atoms with van der Waals surface area (Å²) in [5.41, 5.74) is 1.43. The molecule has 0 aliphatic carbocycles. The van der Waals surface area contributed by atoms with Crippen molar-refractivity contribution in [3.63, 3.8) is 0 Å². The third-order valence-corrected chi connectivity index (χ3v) is 4.89. The number of rotatable bonds is 7. The van der Waals surface area contributed by atoms with Gasteiger partial charge in [-0.05, 0) is 41.3 Å². The zero-order valence-corrected chi connectivity index (χ0v) is 16.8. The highest BCUT2D eigenvalue weighted by molar-refractivity contribution is 5.99. The van der Waals surface area contributed by atoms with Crippen molar-refractivity contribution in [2.24, 2.45) is 0 Å². The minimum absolute atomic E-state index is 0.156. The van der Waals surface area contributed by atoms with Crippen molar-refractivity contribution in [2.75, 3.05) is 13.7 Å². The molecule has 0 radical (unpaired) electrons. The molecule has 5 heteroatoms. The van der Waals surface area contributed by atoms with Crippen molar-refractivity contribution in [2.45, 2.75) is 25.9 Å². The summed E-state index contributed by atoms with van der Waals surface area (Å²) in [6, 6.07) is 21.1. The van der Waals surface area contributed by atoms with Crippen LogP contribution in [0.5, 0.6) is 5.75 Å². The quantitative estimate of drug-likeness (QED) is 0.610. The number of ether oxygens (including phenoxy) is 2. The highest BCUT2D eigenvalue weighted by atomic mass is 16.5. The number of amides is 1. The Morgan fingerprint density at radius 3 is 2.21 bits per heavy atom. The van der Waals surface area contributed by atoms with Crippen LogP contribution >= 0.6 is 0 Å². The van der Waals surface area contributed by atoms with E-state index in [1.54, 1.807) is 19.1 Å². The first-order chi connectivity index (χ1) is 14.0. The molecule has 0 saturated carbocycles. The van der Waals surface area contributed by atoms with Crippen molar-refractivity contribution in [3.05, 3.63) is 77.9 Å². The fourth-order valence-corrected chi connectivity index (χ4v) is 3.12. The van der Waals surface area contributed by atoms with E-state index in [0.29, 0.717) is 17.9 Å². The van der Waals surface area contributed by atoms with E-state index in [0.717, 1.165) is 16.3 Å². The molecule has 5 nitrogen and oxygen atoms in total. The summed E-state index contributed by atoms with van der Waals surface area (Å²) in [6.45, 7) is 4.06. The van der Waals surface area contributed by atoms with Crippen molar-refractivity contribution in [1.29, 1.82) is 0 Å². The van der Waals surface area contributed by atoms with Crippen LogP contribution in [0, 0.1) is 0 Å². The predicted octanol–water partition coefficient (Wildman–Crippen LogP) is 4.31. The first-order valence-electron chi connectivity index (χ1n) is 9.60. The Morgan fingerprint density at radius 1 is 0.931 bits per heavy atom. The monoisotopic (exact) mass is 391 g/mol. The van der Waals surface area contributed by atoms with Crippen molar-refractivity contribution < 1.29 is 19.1 Å². The Hall–Kier alpha value is -3.34. The van der Waals surface area contributed by atoms with Gasteiger partial charge < -0.3 is 14.8 Å². The molecule has 0 bridgehead atoms. The van der Waals surface area contributed by atoms with Gasteiger partial charge in [0.25, 0.3) is 5.91 Å². The Kier molecular flexibility index (Phi) is 6.50. The molecule has 0 spiro atoms. The van der Waals surface area contributed by atoms with Gasteiger partial charge in [-0.15, -0.1) is 0 Å². The van der Waals surface area contributed by atoms with Gasteiger partial charge >= 0.3 is 5.97 Å². The number of carbonyl (C=O) groups excluding carboxylic acids is 2. The van der Waals surface area contributed by atoms with Gasteiger partial charge in [-0.25, -0.2) is 4.79 Å². The van der Waals surface area contributed by atoms with E-state index in [1.807, 2.05) is 61.5 Å². The van der Waals surface area contributed by atoms with Crippen LogP contribution < -0.4 is 10.1 Å². The fraction of sp³-hybridized carbons (Fsp3) is 0.250. The molecule has 0 heterocycles. The lowest BCUT2D eigenvalue weighted by molar-refractivity contribution is -0.129. The third-order valence-electron chi connectivity index (χ3n) is 4.89. The molecular formula is C24H25NO4. The highest BCUT2D eigenvalue weighted by Crippen LogP contribution is 2.27. The van der Waals surface area contributed by atoms with Crippen LogP contribution in [0.25, 0.3) is 10.8 Å². The average Bonchev–Trinajstić information content (AvgIpc) is 2.76. The van der Waals surface area contributed by atoms with Crippen molar-refractivity contribution in [3.8, 4) is 5.75 Å². The molecule has 0 unspecified atom stereocenters. The molecule has 0 saturated heterocycles. The molecule has 3 aromatic carbocycles. The maximum Gasteiger partial charge on any atom is 0.342 e. The highest BCUT2D eigenvalue weighted by Gasteiger charge is 2.22. The SMILES string of the molecule is COc1cc2ccccc2cc1C(=O)O[C@H](C)C(=O)NC[C@@H](C)c1ccccc1. The maximum atomic E-state index is 12.7. The molecule has 0 aliphatic rings. The predicted molar refractivity (Wildman–Crippen MR) is 113 cm³/mol. The summed E-state index contributed by atoms with van der Waals surface area (Å²) in [5, 5.41) is 4.71. The average molecular weight is 391 g/mol. The second-order valence-corrected chi connectivity index (χ2v) is 7.00. The molecule has 3 aromatic rings. The summed E-state index contributed by atoms with van der Waals surface area (Å²) in [5.74, 6) is -0.352. The van der Waals surface area contributed by atoms with Crippen LogP contribution in [0.4, 0.5) is 0 Å². The standard InChI is InChI=1S/C24H25NO4/c1-16(18-9-5-4-6-10-18)15-25-23(26)17(2)29-24(27)21-13-19-11-7-8-12-20(19)14-22(21)28-3/h4-14,16-17H,15H2,1-3H3,(H,25,26)/t16-,17-/m1/s1. The minimum atomic E-state index is -0.915. The normalized spacial score (nSPS) is 12.8. The number of nitrogens with one attached hydrogen (secondary N) is 1. The molecule has 0 fully saturated rings. The van der Waals surface area contributed by atoms with E-state index in [-0.39, 0.29) is 11.8 Å². The topological polar surface area (TPSA) is 64.6 Å². The molecule has 1 N–H and O–H groups in total. The number of hydrogen-bond donors (Lipinski definition) is 1. The number of benzene rings is 3. The zero-order chi connectivity index (χ0) is 20.8. The van der Waals surface area contributed by atoms with E-state index >= 15 is 0 Å². The number of carbonyl (C=O) groups is 2. The molecular weight excluding hydrogens is 366 g/mol. The fourth-order valence-electron chi connectivity index (χ4n) is 3.12. The third kappa shape index (κ3) is 4.93. The summed E-state index contributed by atoms with van der Waals surface area (Å²) in [4.78, 5) is 25.1. The Bertz CT molecular complexity index is 1000. The number of esters is 1. The Labute approximate surface area is 170 Å². The molecule has 1 amide bonds. The molecule has 150 valence electrons. The molecule has 3 rings (SSSR count). The number of fused-ring (bicyclic) bond motifs is 1. The van der Waals surface area contributed by atoms with Crippen LogP contribution in [0.1, 0.15) is 35.7 Å². The van der Waals surface area contributed by atoms with Crippen LogP contribution in [0.15, 0.2) is 66.7 Å². The van der Waals surface area contributed by atoms with Gasteiger partial charge in [0.05, 0.1) is 7.11 Å². The summed E-state index contributed by atoms with van der Waals surface area (Å²) in [6.07, 6.45) is -0.915. The van der Waals surface area contributed by atoms with Gasteiger partial charge in [0.2, 0.25) is 0 Å². The first-order valence-corrected chi connectivity index (χ1v) is 9.60. The summed E-state index contributed by atoms with van der Waals surface area (Å²) < 4.78 is 10.7. The van der Waals surface area contributed by atoms with E-state index < -0.39 is 12.1 Å². The van der Waals surface area contributed by atoms with Crippen LogP contribution in [0.2, 0.25) is 0 Å². The van der Waals surface area contributed by atoms with Crippen LogP contribution in [-0.2, 0) is 9.53 Å².